The number of aromatic nitrogens is 3. The summed E-state index contributed by atoms with van der Waals surface area (Å²) in [4.78, 5) is 26.2. The molecule has 1 amide bonds. The Morgan fingerprint density at radius 1 is 1.30 bits per heavy atom. The van der Waals surface area contributed by atoms with Gasteiger partial charge in [0.25, 0.3) is 18.1 Å². The number of aliphatic imine (C=N–C) groups is 1. The van der Waals surface area contributed by atoms with E-state index in [0.717, 1.165) is 6.34 Å². The van der Waals surface area contributed by atoms with Crippen molar-refractivity contribution in [2.45, 2.75) is 37.5 Å². The van der Waals surface area contributed by atoms with Crippen molar-refractivity contribution in [3.8, 4) is 11.4 Å². The number of amides is 1. The van der Waals surface area contributed by atoms with E-state index in [1.165, 1.54) is 17.4 Å². The summed E-state index contributed by atoms with van der Waals surface area (Å²) in [6, 6.07) is 10.8. The molecule has 0 aliphatic heterocycles. The van der Waals surface area contributed by atoms with Crippen LogP contribution in [0.4, 0.5) is 4.39 Å². The van der Waals surface area contributed by atoms with Crippen LogP contribution in [0.5, 0.6) is 0 Å². The lowest BCUT2D eigenvalue weighted by molar-refractivity contribution is -0.106. The quantitative estimate of drug-likeness (QED) is 0.219. The molecule has 190 valence electrons. The molecule has 0 radical (unpaired) electrons. The number of aliphatic hydroxyl groups is 1. The summed E-state index contributed by atoms with van der Waals surface area (Å²) in [6.45, 7) is 0. The third-order valence-electron chi connectivity index (χ3n) is 6.32. The summed E-state index contributed by atoms with van der Waals surface area (Å²) in [5, 5.41) is 19.2. The fourth-order valence-electron chi connectivity index (χ4n) is 4.77. The van der Waals surface area contributed by atoms with Crippen LogP contribution in [-0.4, -0.2) is 49.9 Å². The fraction of sp³-hybridized carbons (Fsp3) is 0.240. The molecular formula is C25H24ClFN7O2S+. The number of benzene rings is 1. The third kappa shape index (κ3) is 5.10. The molecule has 0 saturated heterocycles. The number of imidazole rings is 1. The van der Waals surface area contributed by atoms with Crippen molar-refractivity contribution in [1.29, 1.82) is 0 Å². The number of nitrogens with zero attached hydrogens (tertiary/aromatic N) is 4. The lowest BCUT2D eigenvalue weighted by atomic mass is 9.88. The largest absolute Gasteiger partial charge is 0.393 e. The summed E-state index contributed by atoms with van der Waals surface area (Å²) < 4.78 is 17.3. The van der Waals surface area contributed by atoms with E-state index in [9.17, 15) is 14.3 Å². The SMILES string of the molecule is NC(=NC=[NH2+])c1cc2c(cn1)nc(-c1ccccc1F)n2C1CC(O)CC(NC(=O)c2ccc(Cl)s2)C1. The molecule has 1 aliphatic rings. The van der Waals surface area contributed by atoms with Gasteiger partial charge in [-0.25, -0.2) is 14.4 Å². The first-order chi connectivity index (χ1) is 17.8. The van der Waals surface area contributed by atoms with Crippen molar-refractivity contribution < 1.29 is 19.7 Å². The number of amidine groups is 1. The Labute approximate surface area is 220 Å². The lowest BCUT2D eigenvalue weighted by Crippen LogP contribution is -2.42. The molecule has 3 atom stereocenters. The second-order valence-corrected chi connectivity index (χ2v) is 10.5. The van der Waals surface area contributed by atoms with Gasteiger partial charge in [0.15, 0.2) is 0 Å². The van der Waals surface area contributed by atoms with E-state index >= 15 is 0 Å². The highest BCUT2D eigenvalue weighted by Gasteiger charge is 2.33. The Morgan fingerprint density at radius 3 is 2.84 bits per heavy atom. The number of carbonyl (C=O) groups is 1. The number of pyridine rings is 1. The van der Waals surface area contributed by atoms with Crippen LogP contribution in [0.1, 0.15) is 40.7 Å². The molecule has 9 nitrogen and oxygen atoms in total. The number of halogens is 2. The maximum atomic E-state index is 14.9. The van der Waals surface area contributed by atoms with Crippen LogP contribution in [0.3, 0.4) is 0 Å². The van der Waals surface area contributed by atoms with Gasteiger partial charge in [0.05, 0.1) is 32.6 Å². The van der Waals surface area contributed by atoms with Crippen LogP contribution in [0.25, 0.3) is 22.4 Å². The molecule has 4 aromatic rings. The van der Waals surface area contributed by atoms with Gasteiger partial charge in [0.1, 0.15) is 22.9 Å². The van der Waals surface area contributed by atoms with Gasteiger partial charge >= 0.3 is 0 Å². The van der Waals surface area contributed by atoms with Crippen molar-refractivity contribution in [2.75, 3.05) is 0 Å². The van der Waals surface area contributed by atoms with Gasteiger partial charge < -0.3 is 20.7 Å². The summed E-state index contributed by atoms with van der Waals surface area (Å²) >= 11 is 7.17. The van der Waals surface area contributed by atoms with E-state index < -0.39 is 11.9 Å². The molecule has 6 N–H and O–H groups in total. The van der Waals surface area contributed by atoms with E-state index in [1.807, 2.05) is 4.57 Å². The molecule has 0 spiro atoms. The number of hydrogen-bond acceptors (Lipinski definition) is 5. The summed E-state index contributed by atoms with van der Waals surface area (Å²) in [5.41, 5.74) is 7.88. The minimum absolute atomic E-state index is 0.119. The predicted molar refractivity (Wildman–Crippen MR) is 141 cm³/mol. The maximum absolute atomic E-state index is 14.9. The number of rotatable bonds is 6. The molecule has 3 heterocycles. The van der Waals surface area contributed by atoms with E-state index in [4.69, 9.17) is 27.7 Å². The molecule has 1 aliphatic carbocycles. The fourth-order valence-corrected chi connectivity index (χ4v) is 5.71. The number of thiophene rings is 1. The first-order valence-electron chi connectivity index (χ1n) is 11.6. The van der Waals surface area contributed by atoms with Gasteiger partial charge in [-0.3, -0.25) is 10.2 Å². The minimum atomic E-state index is -0.693. The van der Waals surface area contributed by atoms with Crippen LogP contribution >= 0.6 is 22.9 Å². The van der Waals surface area contributed by atoms with Crippen LogP contribution in [0.2, 0.25) is 4.34 Å². The summed E-state index contributed by atoms with van der Waals surface area (Å²) in [5.74, 6) is -0.176. The van der Waals surface area contributed by atoms with E-state index in [1.54, 1.807) is 42.6 Å². The van der Waals surface area contributed by atoms with Crippen LogP contribution < -0.4 is 16.5 Å². The van der Waals surface area contributed by atoms with Crippen LogP contribution in [-0.2, 0) is 0 Å². The zero-order valence-electron chi connectivity index (χ0n) is 19.5. The number of carbonyl (C=O) groups excluding carboxylic acids is 1. The van der Waals surface area contributed by atoms with E-state index in [0.29, 0.717) is 56.6 Å². The Bertz CT molecular complexity index is 1520. The smallest absolute Gasteiger partial charge is 0.280 e. The number of nitrogens with two attached hydrogens (primary N) is 2. The second kappa shape index (κ2) is 10.4. The van der Waals surface area contributed by atoms with Gasteiger partial charge in [-0.15, -0.1) is 11.3 Å². The van der Waals surface area contributed by atoms with Crippen LogP contribution in [0.15, 0.2) is 53.7 Å². The topological polar surface area (TPSA) is 144 Å². The molecule has 12 heteroatoms. The normalized spacial score (nSPS) is 20.2. The monoisotopic (exact) mass is 540 g/mol. The Kier molecular flexibility index (Phi) is 7.00. The Balaban J connectivity index is 1.58. The summed E-state index contributed by atoms with van der Waals surface area (Å²) in [6.07, 6.45) is 3.20. The highest BCUT2D eigenvalue weighted by Crippen LogP contribution is 2.37. The van der Waals surface area contributed by atoms with E-state index in [2.05, 4.69) is 15.3 Å². The highest BCUT2D eigenvalue weighted by molar-refractivity contribution is 7.18. The molecule has 1 fully saturated rings. The lowest BCUT2D eigenvalue weighted by Gasteiger charge is -2.34. The van der Waals surface area contributed by atoms with Gasteiger partial charge in [-0.2, -0.15) is 0 Å². The maximum Gasteiger partial charge on any atom is 0.280 e. The van der Waals surface area contributed by atoms with Crippen molar-refractivity contribution in [3.63, 3.8) is 0 Å². The number of aliphatic hydroxyl groups excluding tert-OH is 1. The molecule has 1 aromatic carbocycles. The Morgan fingerprint density at radius 2 is 2.11 bits per heavy atom. The van der Waals surface area contributed by atoms with Gasteiger partial charge in [-0.1, -0.05) is 23.7 Å². The van der Waals surface area contributed by atoms with Gasteiger partial charge in [0.2, 0.25) is 0 Å². The first kappa shape index (κ1) is 25.0. The van der Waals surface area contributed by atoms with E-state index in [-0.39, 0.29) is 23.8 Å². The summed E-state index contributed by atoms with van der Waals surface area (Å²) in [7, 11) is 0. The first-order valence-corrected chi connectivity index (χ1v) is 12.8. The zero-order valence-corrected chi connectivity index (χ0v) is 21.1. The number of hydrogen-bond donors (Lipinski definition) is 4. The third-order valence-corrected chi connectivity index (χ3v) is 7.55. The number of fused-ring (bicyclic) bond motifs is 1. The van der Waals surface area contributed by atoms with Crippen molar-refractivity contribution in [2.24, 2.45) is 10.7 Å². The number of nitrogens with one attached hydrogen (secondary N) is 1. The average molecular weight is 541 g/mol. The standard InChI is InChI=1S/C25H23ClFN7O2S/c26-22-6-5-21(37-22)25(36)32-13-7-14(9-15(35)8-13)34-20-10-18(23(29)31-12-28)30-11-19(20)33-24(34)16-3-1-2-4-17(16)27/h1-6,10-15,35H,7-9H2,(H,32,36)(H3,28,29,31)/p+1. The molecule has 5 rings (SSSR count). The zero-order chi connectivity index (χ0) is 26.1. The van der Waals surface area contributed by atoms with Crippen molar-refractivity contribution in [1.82, 2.24) is 19.9 Å². The molecular weight excluding hydrogens is 517 g/mol. The molecule has 3 aromatic heterocycles. The highest BCUT2D eigenvalue weighted by atomic mass is 35.5. The van der Waals surface area contributed by atoms with Crippen LogP contribution in [0, 0.1) is 5.82 Å². The predicted octanol–water partition coefficient (Wildman–Crippen LogP) is 2.33. The molecule has 37 heavy (non-hydrogen) atoms. The van der Waals surface area contributed by atoms with Gasteiger partial charge in [0, 0.05) is 12.1 Å². The van der Waals surface area contributed by atoms with Crippen molar-refractivity contribution in [3.05, 3.63) is 69.4 Å². The minimum Gasteiger partial charge on any atom is -0.393 e. The second-order valence-electron chi connectivity index (χ2n) is 8.80. The average Bonchev–Trinajstić information content (AvgIpc) is 3.47. The van der Waals surface area contributed by atoms with Gasteiger partial charge in [-0.05, 0) is 54.6 Å². The van der Waals surface area contributed by atoms with Crippen molar-refractivity contribution >= 4 is 52.1 Å². The molecule has 0 bridgehead atoms. The molecule has 3 unspecified atom stereocenters. The Hall–Kier alpha value is -3.67. The molecule has 1 saturated carbocycles.